The van der Waals surface area contributed by atoms with Gasteiger partial charge in [-0.1, -0.05) is 140 Å². The topological polar surface area (TPSA) is 38.7 Å². The molecule has 0 spiro atoms. The van der Waals surface area contributed by atoms with Crippen molar-refractivity contribution >= 4 is 43.1 Å². The third-order valence-electron chi connectivity index (χ3n) is 8.80. The summed E-state index contributed by atoms with van der Waals surface area (Å²) in [5.74, 6) is 2.24. The van der Waals surface area contributed by atoms with Crippen molar-refractivity contribution in [1.29, 1.82) is 0 Å². The summed E-state index contributed by atoms with van der Waals surface area (Å²) >= 11 is 0. The van der Waals surface area contributed by atoms with Gasteiger partial charge in [-0.05, 0) is 73.6 Å². The van der Waals surface area contributed by atoms with E-state index in [1.165, 1.54) is 37.9 Å². The van der Waals surface area contributed by atoms with Crippen LogP contribution in [0.5, 0.6) is 0 Å². The molecule has 6 aromatic carbocycles. The van der Waals surface area contributed by atoms with Gasteiger partial charge in [-0.2, -0.15) is 0 Å². The number of hydrogen-bond acceptors (Lipinski definition) is 3. The molecule has 1 unspecified atom stereocenters. The third-order valence-corrected chi connectivity index (χ3v) is 8.80. The highest BCUT2D eigenvalue weighted by Gasteiger charge is 2.21. The molecule has 8 rings (SSSR count). The minimum Gasteiger partial charge on any atom is -0.212 e. The Bertz CT molecular complexity index is 2220. The Morgan fingerprint density at radius 2 is 1.13 bits per heavy atom. The SMILES string of the molecule is C=C/C=C/CC1=CCC(c2nc(-c3cc4ccccc4c4ccccc34)nc(-c3cc4ccccc4c4ccccc34)n2)C=C1. The maximum Gasteiger partial charge on any atom is 0.164 e. The molecule has 1 aliphatic carbocycles. The van der Waals surface area contributed by atoms with Gasteiger partial charge in [-0.25, -0.2) is 15.0 Å². The highest BCUT2D eigenvalue weighted by molar-refractivity contribution is 6.14. The first-order valence-electron chi connectivity index (χ1n) is 15.5. The summed E-state index contributed by atoms with van der Waals surface area (Å²) in [5, 5.41) is 9.46. The maximum atomic E-state index is 5.27. The Balaban J connectivity index is 1.36. The second kappa shape index (κ2) is 11.4. The molecule has 0 amide bonds. The van der Waals surface area contributed by atoms with Crippen LogP contribution in [-0.2, 0) is 0 Å². The van der Waals surface area contributed by atoms with Gasteiger partial charge in [0.15, 0.2) is 11.6 Å². The Morgan fingerprint density at radius 3 is 1.64 bits per heavy atom. The van der Waals surface area contributed by atoms with Crippen LogP contribution in [0.4, 0.5) is 0 Å². The van der Waals surface area contributed by atoms with Crippen LogP contribution in [0.2, 0.25) is 0 Å². The average molecular weight is 578 g/mol. The van der Waals surface area contributed by atoms with E-state index in [2.05, 4.69) is 140 Å². The Labute approximate surface area is 262 Å². The van der Waals surface area contributed by atoms with Gasteiger partial charge >= 0.3 is 0 Å². The normalized spacial score (nSPS) is 14.9. The lowest BCUT2D eigenvalue weighted by Crippen LogP contribution is -2.09. The Kier molecular flexibility index (Phi) is 6.84. The molecule has 3 nitrogen and oxygen atoms in total. The van der Waals surface area contributed by atoms with Crippen molar-refractivity contribution in [3.05, 3.63) is 164 Å². The van der Waals surface area contributed by atoms with E-state index < -0.39 is 0 Å². The van der Waals surface area contributed by atoms with Crippen LogP contribution in [0, 0.1) is 0 Å². The van der Waals surface area contributed by atoms with Gasteiger partial charge < -0.3 is 0 Å². The smallest absolute Gasteiger partial charge is 0.164 e. The molecule has 0 bridgehead atoms. The second-order valence-electron chi connectivity index (χ2n) is 11.6. The van der Waals surface area contributed by atoms with Crippen LogP contribution in [0.25, 0.3) is 65.9 Å². The van der Waals surface area contributed by atoms with E-state index in [0.717, 1.165) is 40.6 Å². The number of fused-ring (bicyclic) bond motifs is 6. The molecule has 0 N–H and O–H groups in total. The first-order valence-corrected chi connectivity index (χ1v) is 15.5. The molecular formula is C42H31N3. The van der Waals surface area contributed by atoms with E-state index in [-0.39, 0.29) is 5.92 Å². The lowest BCUT2D eigenvalue weighted by atomic mass is 9.93. The molecule has 1 heterocycles. The summed E-state index contributed by atoms with van der Waals surface area (Å²) < 4.78 is 0. The van der Waals surface area contributed by atoms with Gasteiger partial charge in [0.1, 0.15) is 5.82 Å². The number of rotatable bonds is 6. The van der Waals surface area contributed by atoms with Crippen LogP contribution in [0.1, 0.15) is 24.6 Å². The van der Waals surface area contributed by atoms with Gasteiger partial charge in [-0.15, -0.1) is 0 Å². The molecule has 0 saturated carbocycles. The van der Waals surface area contributed by atoms with Crippen LogP contribution in [-0.4, -0.2) is 15.0 Å². The van der Waals surface area contributed by atoms with Gasteiger partial charge in [-0.3, -0.25) is 0 Å². The molecule has 7 aromatic rings. The second-order valence-corrected chi connectivity index (χ2v) is 11.6. The highest BCUT2D eigenvalue weighted by atomic mass is 15.0. The Hall–Kier alpha value is -5.67. The zero-order valence-corrected chi connectivity index (χ0v) is 24.9. The fourth-order valence-electron chi connectivity index (χ4n) is 6.59. The van der Waals surface area contributed by atoms with Gasteiger partial charge in [0.2, 0.25) is 0 Å². The Morgan fingerprint density at radius 1 is 0.622 bits per heavy atom. The fraction of sp³-hybridized carbons (Fsp3) is 0.0714. The monoisotopic (exact) mass is 577 g/mol. The van der Waals surface area contributed by atoms with E-state index in [1.54, 1.807) is 0 Å². The van der Waals surface area contributed by atoms with Crippen LogP contribution in [0.15, 0.2) is 158 Å². The third kappa shape index (κ3) is 4.93. The van der Waals surface area contributed by atoms with Crippen molar-refractivity contribution in [3.8, 4) is 22.8 Å². The summed E-state index contributed by atoms with van der Waals surface area (Å²) in [6, 6.07) is 38.7. The zero-order chi connectivity index (χ0) is 30.2. The van der Waals surface area contributed by atoms with Crippen LogP contribution >= 0.6 is 0 Å². The summed E-state index contributed by atoms with van der Waals surface area (Å²) in [7, 11) is 0. The molecule has 1 aromatic heterocycles. The molecule has 0 aliphatic heterocycles. The van der Waals surface area contributed by atoms with Crippen molar-refractivity contribution in [2.45, 2.75) is 18.8 Å². The van der Waals surface area contributed by atoms with Crippen LogP contribution < -0.4 is 0 Å². The van der Waals surface area contributed by atoms with E-state index in [4.69, 9.17) is 15.0 Å². The number of nitrogens with zero attached hydrogens (tertiary/aromatic N) is 3. The largest absolute Gasteiger partial charge is 0.212 e. The molecule has 214 valence electrons. The van der Waals surface area contributed by atoms with Gasteiger partial charge in [0, 0.05) is 17.0 Å². The summed E-state index contributed by atoms with van der Waals surface area (Å²) in [5.41, 5.74) is 3.33. The van der Waals surface area contributed by atoms with Crippen molar-refractivity contribution in [3.63, 3.8) is 0 Å². The quantitative estimate of drug-likeness (QED) is 0.146. The number of benzene rings is 6. The molecule has 45 heavy (non-hydrogen) atoms. The lowest BCUT2D eigenvalue weighted by molar-refractivity contribution is 0.758. The van der Waals surface area contributed by atoms with Gasteiger partial charge in [0.05, 0.1) is 0 Å². The fourth-order valence-corrected chi connectivity index (χ4v) is 6.59. The minimum atomic E-state index is 0.0519. The number of allylic oxidation sites excluding steroid dienone is 7. The first-order chi connectivity index (χ1) is 22.3. The highest BCUT2D eigenvalue weighted by Crippen LogP contribution is 2.38. The maximum absolute atomic E-state index is 5.27. The van der Waals surface area contributed by atoms with Crippen molar-refractivity contribution < 1.29 is 0 Å². The van der Waals surface area contributed by atoms with Crippen molar-refractivity contribution in [2.24, 2.45) is 0 Å². The molecular weight excluding hydrogens is 546 g/mol. The summed E-state index contributed by atoms with van der Waals surface area (Å²) in [6.45, 7) is 3.79. The van der Waals surface area contributed by atoms with Crippen LogP contribution in [0.3, 0.4) is 0 Å². The first kappa shape index (κ1) is 26.9. The lowest BCUT2D eigenvalue weighted by Gasteiger charge is -2.18. The molecule has 3 heteroatoms. The summed E-state index contributed by atoms with van der Waals surface area (Å²) in [4.78, 5) is 15.7. The minimum absolute atomic E-state index is 0.0519. The number of hydrogen-bond donors (Lipinski definition) is 0. The number of aromatic nitrogens is 3. The molecule has 1 aliphatic rings. The molecule has 0 saturated heterocycles. The van der Waals surface area contributed by atoms with E-state index in [9.17, 15) is 0 Å². The van der Waals surface area contributed by atoms with Crippen molar-refractivity contribution in [2.75, 3.05) is 0 Å². The van der Waals surface area contributed by atoms with Gasteiger partial charge in [0.25, 0.3) is 0 Å². The summed E-state index contributed by atoms with van der Waals surface area (Å²) in [6.07, 6.45) is 14.4. The average Bonchev–Trinajstić information content (AvgIpc) is 3.11. The van der Waals surface area contributed by atoms with E-state index in [0.29, 0.717) is 11.6 Å². The predicted molar refractivity (Wildman–Crippen MR) is 189 cm³/mol. The molecule has 1 atom stereocenters. The van der Waals surface area contributed by atoms with E-state index >= 15 is 0 Å². The molecule has 0 fully saturated rings. The zero-order valence-electron chi connectivity index (χ0n) is 24.9. The van der Waals surface area contributed by atoms with E-state index in [1.807, 2.05) is 12.2 Å². The molecule has 0 radical (unpaired) electrons. The standard InChI is InChI=1S/C42H31N3/c1-2-3-4-13-28-22-24-29(25-23-28)40-43-41(38-26-30-14-5-7-16-32(30)34-18-9-11-20-36(34)38)45-42(44-40)39-27-31-15-6-8-17-33(31)35-19-10-12-21-37(35)39/h2-12,14-24,26-27,29H,1,13,25H2/b4-3+. The van der Waals surface area contributed by atoms with Crippen molar-refractivity contribution in [1.82, 2.24) is 15.0 Å². The predicted octanol–water partition coefficient (Wildman–Crippen LogP) is 10.9.